The van der Waals surface area contributed by atoms with E-state index in [9.17, 15) is 19.1 Å². The number of carbonyl (C=O) groups is 2. The zero-order valence-electron chi connectivity index (χ0n) is 25.8. The topological polar surface area (TPSA) is 82.5 Å². The van der Waals surface area contributed by atoms with Crippen molar-refractivity contribution >= 4 is 23.8 Å². The molecule has 0 saturated carbocycles. The van der Waals surface area contributed by atoms with Gasteiger partial charge in [-0.25, -0.2) is 9.18 Å². The standard InChI is InChI=1S/C33H48FN3O5/c1-22-8-10-29(38)21-31(39)42-32(23(2)9-11-30(22)41-33(40)36-15-13-35(5)14-16-36)24(3)17-26-18-27(34)20-28(19-26)37-12-6-7-25(37)4/h9,11,17-20,22-23,25,29-30,32,38H,6-8,10,12-16,21H2,1-5H3/b11-9+,24-17+/t22-,23+,25+,29+,30?,32+/m1/s1. The van der Waals surface area contributed by atoms with Crippen LogP contribution in [0.5, 0.6) is 0 Å². The van der Waals surface area contributed by atoms with Gasteiger partial charge >= 0.3 is 12.1 Å². The summed E-state index contributed by atoms with van der Waals surface area (Å²) in [5.41, 5.74) is 2.31. The normalized spacial score (nSPS) is 31.2. The van der Waals surface area contributed by atoms with Crippen LogP contribution in [0, 0.1) is 17.7 Å². The number of amides is 1. The van der Waals surface area contributed by atoms with Crippen molar-refractivity contribution in [2.45, 2.75) is 84.2 Å². The first-order valence-corrected chi connectivity index (χ1v) is 15.5. The number of hydrogen-bond donors (Lipinski definition) is 1. The van der Waals surface area contributed by atoms with E-state index < -0.39 is 24.3 Å². The van der Waals surface area contributed by atoms with Crippen LogP contribution in [0.3, 0.4) is 0 Å². The third-order valence-corrected chi connectivity index (χ3v) is 8.89. The zero-order chi connectivity index (χ0) is 30.4. The van der Waals surface area contributed by atoms with E-state index >= 15 is 0 Å². The molecule has 0 aliphatic carbocycles. The van der Waals surface area contributed by atoms with Crippen molar-refractivity contribution in [3.63, 3.8) is 0 Å². The van der Waals surface area contributed by atoms with Crippen molar-refractivity contribution in [1.29, 1.82) is 0 Å². The third-order valence-electron chi connectivity index (χ3n) is 8.89. The molecule has 9 heteroatoms. The fourth-order valence-electron chi connectivity index (χ4n) is 6.14. The number of anilines is 1. The molecule has 0 aromatic heterocycles. The monoisotopic (exact) mass is 585 g/mol. The number of benzene rings is 1. The molecule has 1 N–H and O–H groups in total. The summed E-state index contributed by atoms with van der Waals surface area (Å²) in [4.78, 5) is 32.0. The van der Waals surface area contributed by atoms with Crippen molar-refractivity contribution in [3.8, 4) is 0 Å². The highest BCUT2D eigenvalue weighted by molar-refractivity contribution is 5.71. The highest BCUT2D eigenvalue weighted by Crippen LogP contribution is 2.30. The van der Waals surface area contributed by atoms with Gasteiger partial charge in [0.25, 0.3) is 0 Å². The van der Waals surface area contributed by atoms with Crippen molar-refractivity contribution in [3.05, 3.63) is 47.3 Å². The molecule has 1 aromatic carbocycles. The van der Waals surface area contributed by atoms with E-state index in [1.807, 2.05) is 52.1 Å². The second-order valence-electron chi connectivity index (χ2n) is 12.5. The molecule has 6 atom stereocenters. The molecule has 8 nitrogen and oxygen atoms in total. The molecule has 232 valence electrons. The Morgan fingerprint density at radius 3 is 2.48 bits per heavy atom. The molecule has 3 aliphatic rings. The van der Waals surface area contributed by atoms with Crippen LogP contribution in [0.2, 0.25) is 0 Å². The van der Waals surface area contributed by atoms with E-state index in [1.165, 1.54) is 6.07 Å². The first-order valence-electron chi connectivity index (χ1n) is 15.5. The Bertz CT molecular complexity index is 1150. The van der Waals surface area contributed by atoms with E-state index in [2.05, 4.69) is 16.7 Å². The minimum absolute atomic E-state index is 0.0521. The highest BCUT2D eigenvalue weighted by atomic mass is 19.1. The van der Waals surface area contributed by atoms with Gasteiger partial charge in [0.05, 0.1) is 12.5 Å². The number of hydrogen-bond acceptors (Lipinski definition) is 7. The van der Waals surface area contributed by atoms with Gasteiger partial charge in [0.1, 0.15) is 18.0 Å². The van der Waals surface area contributed by atoms with Crippen LogP contribution in [-0.4, -0.2) is 91.1 Å². The first-order chi connectivity index (χ1) is 20.0. The van der Waals surface area contributed by atoms with Gasteiger partial charge in [-0.3, -0.25) is 4.79 Å². The summed E-state index contributed by atoms with van der Waals surface area (Å²) in [6, 6.07) is 5.40. The zero-order valence-corrected chi connectivity index (χ0v) is 25.8. The number of ether oxygens (including phenoxy) is 2. The van der Waals surface area contributed by atoms with Gasteiger partial charge in [-0.15, -0.1) is 0 Å². The first kappa shape index (κ1) is 32.0. The highest BCUT2D eigenvalue weighted by Gasteiger charge is 2.29. The summed E-state index contributed by atoms with van der Waals surface area (Å²) in [5.74, 6) is -1.09. The van der Waals surface area contributed by atoms with Crippen LogP contribution >= 0.6 is 0 Å². The van der Waals surface area contributed by atoms with E-state index in [0.717, 1.165) is 43.7 Å². The van der Waals surface area contributed by atoms with E-state index in [-0.39, 0.29) is 30.2 Å². The number of aliphatic hydroxyl groups excluding tert-OH is 1. The van der Waals surface area contributed by atoms with Crippen LogP contribution in [0.4, 0.5) is 14.9 Å². The third kappa shape index (κ3) is 8.57. The van der Waals surface area contributed by atoms with Gasteiger partial charge in [0.15, 0.2) is 0 Å². The molecular weight excluding hydrogens is 537 g/mol. The summed E-state index contributed by atoms with van der Waals surface area (Å²) >= 11 is 0. The Labute approximate surface area is 250 Å². The lowest BCUT2D eigenvalue weighted by atomic mass is 9.91. The van der Waals surface area contributed by atoms with Crippen LogP contribution in [0.1, 0.15) is 65.4 Å². The molecule has 1 aromatic rings. The van der Waals surface area contributed by atoms with Gasteiger partial charge in [-0.2, -0.15) is 0 Å². The predicted octanol–water partition coefficient (Wildman–Crippen LogP) is 5.26. The summed E-state index contributed by atoms with van der Waals surface area (Å²) in [6.45, 7) is 11.7. The summed E-state index contributed by atoms with van der Waals surface area (Å²) in [7, 11) is 2.04. The number of halogens is 1. The largest absolute Gasteiger partial charge is 0.457 e. The molecule has 0 radical (unpaired) electrons. The van der Waals surface area contributed by atoms with Crippen molar-refractivity contribution in [2.24, 2.45) is 11.8 Å². The summed E-state index contributed by atoms with van der Waals surface area (Å²) < 4.78 is 26.6. The molecule has 3 heterocycles. The molecule has 4 rings (SSSR count). The Kier molecular flexibility index (Phi) is 11.1. The van der Waals surface area contributed by atoms with Gasteiger partial charge < -0.3 is 29.3 Å². The van der Waals surface area contributed by atoms with Crippen LogP contribution in [-0.2, 0) is 14.3 Å². The average molecular weight is 586 g/mol. The fraction of sp³-hybridized carbons (Fsp3) is 0.636. The second-order valence-corrected chi connectivity index (χ2v) is 12.5. The lowest BCUT2D eigenvalue weighted by Gasteiger charge is -2.33. The number of rotatable bonds is 4. The minimum atomic E-state index is -0.856. The van der Waals surface area contributed by atoms with Gasteiger partial charge in [0, 0.05) is 50.4 Å². The second kappa shape index (κ2) is 14.5. The molecule has 3 aliphatic heterocycles. The molecule has 1 amide bonds. The molecular formula is C33H48FN3O5. The van der Waals surface area contributed by atoms with Gasteiger partial charge in [-0.1, -0.05) is 26.0 Å². The number of cyclic esters (lactones) is 1. The molecule has 2 saturated heterocycles. The maximum atomic E-state index is 14.7. The Hall–Kier alpha value is -2.91. The number of carbonyl (C=O) groups excluding carboxylic acids is 2. The van der Waals surface area contributed by atoms with E-state index in [4.69, 9.17) is 9.47 Å². The number of esters is 1. The lowest BCUT2D eigenvalue weighted by molar-refractivity contribution is -0.151. The molecule has 1 unspecified atom stereocenters. The van der Waals surface area contributed by atoms with Crippen LogP contribution in [0.25, 0.3) is 6.08 Å². The Morgan fingerprint density at radius 2 is 1.79 bits per heavy atom. The summed E-state index contributed by atoms with van der Waals surface area (Å²) in [6.07, 6.45) is 6.41. The quantitative estimate of drug-likeness (QED) is 0.382. The van der Waals surface area contributed by atoms with Crippen LogP contribution < -0.4 is 4.90 Å². The smallest absolute Gasteiger partial charge is 0.410 e. The fourth-order valence-corrected chi connectivity index (χ4v) is 6.14. The maximum Gasteiger partial charge on any atom is 0.410 e. The van der Waals surface area contributed by atoms with E-state index in [1.54, 1.807) is 11.0 Å². The van der Waals surface area contributed by atoms with Crippen molar-refractivity contribution in [1.82, 2.24) is 9.80 Å². The van der Waals surface area contributed by atoms with Crippen LogP contribution in [0.15, 0.2) is 35.9 Å². The molecule has 2 fully saturated rings. The number of aliphatic hydroxyl groups is 1. The Balaban J connectivity index is 1.57. The molecule has 42 heavy (non-hydrogen) atoms. The summed E-state index contributed by atoms with van der Waals surface area (Å²) in [5, 5.41) is 10.6. The van der Waals surface area contributed by atoms with Gasteiger partial charge in [-0.05, 0) is 87.9 Å². The number of piperazine rings is 1. The number of nitrogens with zero attached hydrogens (tertiary/aromatic N) is 3. The maximum absolute atomic E-state index is 14.7. The number of likely N-dealkylation sites (N-methyl/N-ethyl adjacent to an activating group) is 1. The average Bonchev–Trinajstić information content (AvgIpc) is 3.37. The van der Waals surface area contributed by atoms with Crippen molar-refractivity contribution < 1.29 is 28.6 Å². The molecule has 0 spiro atoms. The van der Waals surface area contributed by atoms with Crippen molar-refractivity contribution in [2.75, 3.05) is 44.7 Å². The SMILES string of the molecule is C/C(=C\c1cc(F)cc(N2CCC[C@@H]2C)c1)[C@H]1OC(=O)C[C@@H](O)CC[C@@H](C)C(OC(=O)N2CCN(C)CC2)/C=C/[C@@H]1C. The lowest BCUT2D eigenvalue weighted by Crippen LogP contribution is -2.48. The Morgan fingerprint density at radius 1 is 1.05 bits per heavy atom. The minimum Gasteiger partial charge on any atom is -0.457 e. The van der Waals surface area contributed by atoms with E-state index in [0.29, 0.717) is 37.5 Å². The molecule has 0 bridgehead atoms. The van der Waals surface area contributed by atoms with Gasteiger partial charge in [0.2, 0.25) is 0 Å². The predicted molar refractivity (Wildman–Crippen MR) is 163 cm³/mol.